The fourth-order valence-electron chi connectivity index (χ4n) is 2.07. The summed E-state index contributed by atoms with van der Waals surface area (Å²) in [5, 5.41) is 13.2. The summed E-state index contributed by atoms with van der Waals surface area (Å²) < 4.78 is 0. The Labute approximate surface area is 106 Å². The van der Waals surface area contributed by atoms with Crippen LogP contribution in [0.15, 0.2) is 0 Å². The van der Waals surface area contributed by atoms with Gasteiger partial charge in [0.1, 0.15) is 0 Å². The van der Waals surface area contributed by atoms with E-state index in [1.165, 1.54) is 7.05 Å². The number of rotatable bonds is 4. The molecule has 1 aliphatic rings. The highest BCUT2D eigenvalue weighted by Gasteiger charge is 2.30. The van der Waals surface area contributed by atoms with Crippen LogP contribution in [0, 0.1) is 5.92 Å². The minimum atomic E-state index is -0.815. The number of amides is 3. The van der Waals surface area contributed by atoms with E-state index >= 15 is 0 Å². The predicted octanol–water partition coefficient (Wildman–Crippen LogP) is -0.373. The lowest BCUT2D eigenvalue weighted by molar-refractivity contribution is -0.138. The minimum Gasteiger partial charge on any atom is -0.481 e. The van der Waals surface area contributed by atoms with Crippen LogP contribution < -0.4 is 10.6 Å². The van der Waals surface area contributed by atoms with Crippen molar-refractivity contribution in [1.82, 2.24) is 15.5 Å². The second kappa shape index (κ2) is 6.34. The van der Waals surface area contributed by atoms with Gasteiger partial charge in [-0.1, -0.05) is 0 Å². The van der Waals surface area contributed by atoms with E-state index in [1.807, 2.05) is 4.90 Å². The molecule has 0 aromatic rings. The van der Waals surface area contributed by atoms with Gasteiger partial charge in [-0.3, -0.25) is 19.8 Å². The van der Waals surface area contributed by atoms with Crippen LogP contribution in [0.4, 0.5) is 4.79 Å². The molecule has 102 valence electrons. The van der Waals surface area contributed by atoms with Crippen molar-refractivity contribution >= 4 is 17.9 Å². The quantitative estimate of drug-likeness (QED) is 0.638. The number of nitrogens with one attached hydrogen (secondary N) is 2. The molecule has 0 aromatic heterocycles. The van der Waals surface area contributed by atoms with E-state index in [4.69, 9.17) is 5.11 Å². The lowest BCUT2D eigenvalue weighted by Crippen LogP contribution is -2.48. The average molecular weight is 257 g/mol. The van der Waals surface area contributed by atoms with Crippen LogP contribution in [0.2, 0.25) is 0 Å². The Hall–Kier alpha value is -1.63. The first kappa shape index (κ1) is 14.4. The minimum absolute atomic E-state index is 0.0813. The highest BCUT2D eigenvalue weighted by atomic mass is 16.4. The third-order valence-electron chi connectivity index (χ3n) is 3.17. The molecule has 18 heavy (non-hydrogen) atoms. The number of carbonyl (C=O) groups excluding carboxylic acids is 2. The largest absolute Gasteiger partial charge is 0.481 e. The molecule has 0 spiro atoms. The molecule has 1 fully saturated rings. The number of likely N-dealkylation sites (tertiary alicyclic amines) is 1. The molecule has 1 aliphatic heterocycles. The van der Waals surface area contributed by atoms with Gasteiger partial charge in [-0.15, -0.1) is 0 Å². The van der Waals surface area contributed by atoms with Crippen molar-refractivity contribution in [3.8, 4) is 0 Å². The van der Waals surface area contributed by atoms with E-state index in [2.05, 4.69) is 10.6 Å². The number of carbonyl (C=O) groups is 3. The van der Waals surface area contributed by atoms with Crippen LogP contribution in [0.3, 0.4) is 0 Å². The maximum absolute atomic E-state index is 11.7. The molecule has 1 saturated heterocycles. The van der Waals surface area contributed by atoms with E-state index in [0.29, 0.717) is 13.1 Å². The third kappa shape index (κ3) is 3.99. The third-order valence-corrected chi connectivity index (χ3v) is 3.17. The molecular formula is C11H19N3O4. The van der Waals surface area contributed by atoms with Crippen LogP contribution in [-0.2, 0) is 9.59 Å². The van der Waals surface area contributed by atoms with Crippen molar-refractivity contribution < 1.29 is 19.5 Å². The molecule has 7 heteroatoms. The molecule has 0 bridgehead atoms. The molecule has 3 N–H and O–H groups in total. The topological polar surface area (TPSA) is 98.7 Å². The van der Waals surface area contributed by atoms with E-state index in [9.17, 15) is 14.4 Å². The number of imide groups is 1. The Balaban J connectivity index is 2.43. The zero-order chi connectivity index (χ0) is 13.7. The summed E-state index contributed by atoms with van der Waals surface area (Å²) in [5.41, 5.74) is 0. The van der Waals surface area contributed by atoms with Crippen LogP contribution >= 0.6 is 0 Å². The summed E-state index contributed by atoms with van der Waals surface area (Å²) >= 11 is 0. The maximum Gasteiger partial charge on any atom is 0.321 e. The molecule has 2 unspecified atom stereocenters. The standard InChI is InChI=1S/C11H19N3O4/c1-7(10(17)13-11(18)12-2)14-4-3-8(6-14)5-9(15)16/h7-8H,3-6H2,1-2H3,(H,15,16)(H2,12,13,17,18). The molecule has 0 aromatic carbocycles. The van der Waals surface area contributed by atoms with Gasteiger partial charge in [0.2, 0.25) is 5.91 Å². The molecule has 1 rings (SSSR count). The van der Waals surface area contributed by atoms with Crippen LogP contribution in [0.5, 0.6) is 0 Å². The molecule has 0 aliphatic carbocycles. The Bertz CT molecular complexity index is 345. The number of carboxylic acid groups (broad SMARTS) is 1. The van der Waals surface area contributed by atoms with Gasteiger partial charge in [-0.2, -0.15) is 0 Å². The number of urea groups is 1. The number of nitrogens with zero attached hydrogens (tertiary/aromatic N) is 1. The Morgan fingerprint density at radius 3 is 2.67 bits per heavy atom. The predicted molar refractivity (Wildman–Crippen MR) is 64.0 cm³/mol. The lowest BCUT2D eigenvalue weighted by Gasteiger charge is -2.22. The first-order valence-electron chi connectivity index (χ1n) is 5.92. The maximum atomic E-state index is 11.7. The fraction of sp³-hybridized carbons (Fsp3) is 0.727. The first-order valence-corrected chi connectivity index (χ1v) is 5.92. The number of aliphatic carboxylic acids is 1. The van der Waals surface area contributed by atoms with Crippen molar-refractivity contribution in [3.05, 3.63) is 0 Å². The Morgan fingerprint density at radius 1 is 1.44 bits per heavy atom. The Kier molecular flexibility index (Phi) is 5.08. The second-order valence-electron chi connectivity index (χ2n) is 4.49. The molecule has 0 radical (unpaired) electrons. The van der Waals surface area contributed by atoms with Crippen LogP contribution in [0.25, 0.3) is 0 Å². The zero-order valence-corrected chi connectivity index (χ0v) is 10.6. The van der Waals surface area contributed by atoms with E-state index in [-0.39, 0.29) is 18.2 Å². The van der Waals surface area contributed by atoms with E-state index in [1.54, 1.807) is 6.92 Å². The SMILES string of the molecule is CNC(=O)NC(=O)C(C)N1CCC(CC(=O)O)C1. The smallest absolute Gasteiger partial charge is 0.321 e. The molecule has 2 atom stereocenters. The second-order valence-corrected chi connectivity index (χ2v) is 4.49. The first-order chi connectivity index (χ1) is 8.43. The number of carboxylic acids is 1. The Morgan fingerprint density at radius 2 is 2.11 bits per heavy atom. The van der Waals surface area contributed by atoms with Gasteiger partial charge in [0.25, 0.3) is 0 Å². The zero-order valence-electron chi connectivity index (χ0n) is 10.6. The number of hydrogen-bond donors (Lipinski definition) is 3. The van der Waals surface area contributed by atoms with Crippen molar-refractivity contribution in [2.24, 2.45) is 5.92 Å². The fourth-order valence-corrected chi connectivity index (χ4v) is 2.07. The summed E-state index contributed by atoms with van der Waals surface area (Å²) in [4.78, 5) is 35.2. The van der Waals surface area contributed by atoms with E-state index < -0.39 is 18.0 Å². The molecule has 1 heterocycles. The normalized spacial score (nSPS) is 21.3. The summed E-state index contributed by atoms with van der Waals surface area (Å²) in [6, 6.07) is -0.964. The van der Waals surface area contributed by atoms with Gasteiger partial charge in [0.15, 0.2) is 0 Å². The molecule has 3 amide bonds. The van der Waals surface area contributed by atoms with Crippen LogP contribution in [-0.4, -0.2) is 54.1 Å². The van der Waals surface area contributed by atoms with E-state index in [0.717, 1.165) is 6.42 Å². The lowest BCUT2D eigenvalue weighted by atomic mass is 10.1. The van der Waals surface area contributed by atoms with Crippen molar-refractivity contribution in [1.29, 1.82) is 0 Å². The highest BCUT2D eigenvalue weighted by Crippen LogP contribution is 2.21. The van der Waals surface area contributed by atoms with Gasteiger partial charge in [0.05, 0.1) is 6.04 Å². The van der Waals surface area contributed by atoms with Gasteiger partial charge in [-0.05, 0) is 25.8 Å². The summed E-state index contributed by atoms with van der Waals surface area (Å²) in [6.45, 7) is 2.97. The summed E-state index contributed by atoms with van der Waals surface area (Å²) in [5.74, 6) is -1.10. The van der Waals surface area contributed by atoms with Gasteiger partial charge in [0, 0.05) is 20.0 Å². The van der Waals surface area contributed by atoms with Gasteiger partial charge >= 0.3 is 12.0 Å². The van der Waals surface area contributed by atoms with Gasteiger partial charge < -0.3 is 10.4 Å². The van der Waals surface area contributed by atoms with Crippen molar-refractivity contribution in [2.45, 2.75) is 25.8 Å². The van der Waals surface area contributed by atoms with Crippen LogP contribution in [0.1, 0.15) is 19.8 Å². The van der Waals surface area contributed by atoms with Crippen molar-refractivity contribution in [3.63, 3.8) is 0 Å². The number of hydrogen-bond acceptors (Lipinski definition) is 4. The molecule has 0 saturated carbocycles. The highest BCUT2D eigenvalue weighted by molar-refractivity contribution is 5.96. The average Bonchev–Trinajstić information content (AvgIpc) is 2.75. The van der Waals surface area contributed by atoms with Crippen molar-refractivity contribution in [2.75, 3.05) is 20.1 Å². The van der Waals surface area contributed by atoms with Gasteiger partial charge in [-0.25, -0.2) is 4.79 Å². The summed E-state index contributed by atoms with van der Waals surface area (Å²) in [6.07, 6.45) is 0.893. The molecule has 7 nitrogen and oxygen atoms in total. The molecular weight excluding hydrogens is 238 g/mol. The summed E-state index contributed by atoms with van der Waals surface area (Å²) in [7, 11) is 1.44. The monoisotopic (exact) mass is 257 g/mol.